The summed E-state index contributed by atoms with van der Waals surface area (Å²) in [6.45, 7) is 4.09. The van der Waals surface area contributed by atoms with Crippen LogP contribution in [0.4, 0.5) is 0 Å². The number of thioether (sulfide) groups is 1. The fourth-order valence-electron chi connectivity index (χ4n) is 3.08. The molecule has 0 aliphatic carbocycles. The van der Waals surface area contributed by atoms with Gasteiger partial charge in [-0.3, -0.25) is 4.79 Å². The van der Waals surface area contributed by atoms with Crippen LogP contribution >= 0.6 is 39.0 Å². The Labute approximate surface area is 150 Å². The van der Waals surface area contributed by atoms with Gasteiger partial charge in [-0.25, -0.2) is 0 Å². The van der Waals surface area contributed by atoms with Gasteiger partial charge in [-0.2, -0.15) is 4.98 Å². The SMILES string of the molecule is Cc1sc2c(c1C)c(=O)nc1n2[C@@H](c2ccccc2)[C@@H](Br)CS1. The molecule has 0 bridgehead atoms. The molecule has 23 heavy (non-hydrogen) atoms. The third kappa shape index (κ3) is 2.39. The molecule has 4 rings (SSSR count). The van der Waals surface area contributed by atoms with Crippen molar-refractivity contribution >= 4 is 49.2 Å². The van der Waals surface area contributed by atoms with Crippen molar-refractivity contribution in [2.75, 3.05) is 5.75 Å². The van der Waals surface area contributed by atoms with E-state index in [4.69, 9.17) is 0 Å². The molecule has 0 fully saturated rings. The van der Waals surface area contributed by atoms with E-state index in [1.807, 2.05) is 13.0 Å². The molecule has 0 amide bonds. The lowest BCUT2D eigenvalue weighted by molar-refractivity contribution is 0.531. The van der Waals surface area contributed by atoms with E-state index in [1.165, 1.54) is 10.4 Å². The normalized spacial score (nSPS) is 20.7. The summed E-state index contributed by atoms with van der Waals surface area (Å²) >= 11 is 7.20. The second-order valence-corrected chi connectivity index (χ2v) is 9.08. The Kier molecular flexibility index (Phi) is 3.86. The van der Waals surface area contributed by atoms with E-state index in [9.17, 15) is 4.79 Å². The average molecular weight is 407 g/mol. The van der Waals surface area contributed by atoms with Crippen LogP contribution in [-0.2, 0) is 0 Å². The van der Waals surface area contributed by atoms with E-state index < -0.39 is 0 Å². The lowest BCUT2D eigenvalue weighted by Crippen LogP contribution is -2.31. The van der Waals surface area contributed by atoms with Crippen LogP contribution in [0.1, 0.15) is 22.0 Å². The molecule has 0 spiro atoms. The molecule has 0 N–H and O–H groups in total. The smallest absolute Gasteiger partial charge is 0.282 e. The van der Waals surface area contributed by atoms with Gasteiger partial charge in [0.1, 0.15) is 4.83 Å². The van der Waals surface area contributed by atoms with E-state index in [0.29, 0.717) is 4.83 Å². The minimum absolute atomic E-state index is 0.0968. The fourth-order valence-corrected chi connectivity index (χ4v) is 6.24. The van der Waals surface area contributed by atoms with Crippen molar-refractivity contribution in [1.29, 1.82) is 0 Å². The number of halogens is 1. The summed E-state index contributed by atoms with van der Waals surface area (Å²) in [5.41, 5.74) is 2.21. The molecule has 118 valence electrons. The van der Waals surface area contributed by atoms with Gasteiger partial charge in [-0.1, -0.05) is 58.0 Å². The van der Waals surface area contributed by atoms with Crippen LogP contribution < -0.4 is 5.56 Å². The molecule has 3 nitrogen and oxygen atoms in total. The second kappa shape index (κ2) is 5.76. The molecule has 2 atom stereocenters. The van der Waals surface area contributed by atoms with E-state index >= 15 is 0 Å². The lowest BCUT2D eigenvalue weighted by Gasteiger charge is -2.32. The van der Waals surface area contributed by atoms with Crippen LogP contribution in [0.2, 0.25) is 0 Å². The molecular formula is C17H15BrN2OS2. The van der Waals surface area contributed by atoms with Crippen molar-refractivity contribution in [2.45, 2.75) is 29.9 Å². The average Bonchev–Trinajstić information content (AvgIpc) is 2.85. The topological polar surface area (TPSA) is 34.9 Å². The summed E-state index contributed by atoms with van der Waals surface area (Å²) in [5, 5.41) is 1.60. The highest BCUT2D eigenvalue weighted by Gasteiger charge is 2.32. The van der Waals surface area contributed by atoms with E-state index in [0.717, 1.165) is 26.7 Å². The molecule has 3 heterocycles. The van der Waals surface area contributed by atoms with Crippen molar-refractivity contribution in [3.05, 3.63) is 56.7 Å². The Balaban J connectivity index is 2.08. The number of rotatable bonds is 1. The number of hydrogen-bond donors (Lipinski definition) is 0. The molecule has 1 aromatic carbocycles. The van der Waals surface area contributed by atoms with Crippen molar-refractivity contribution in [3.8, 4) is 0 Å². The number of benzene rings is 1. The van der Waals surface area contributed by atoms with Crippen molar-refractivity contribution in [3.63, 3.8) is 0 Å². The standard InChI is InChI=1S/C17H15BrN2OS2/c1-9-10(2)23-16-13(9)15(21)19-17-20(16)14(12(18)8-22-17)11-6-4-3-5-7-11/h3-7,12,14H,8H2,1-2H3/t12-,14-/m0/s1. The third-order valence-corrected chi connectivity index (χ3v) is 7.87. The number of nitrogens with zero attached hydrogens (tertiary/aromatic N) is 2. The van der Waals surface area contributed by atoms with Crippen LogP contribution in [0.25, 0.3) is 10.2 Å². The molecule has 2 aromatic heterocycles. The van der Waals surface area contributed by atoms with Crippen LogP contribution in [-0.4, -0.2) is 20.1 Å². The summed E-state index contributed by atoms with van der Waals surface area (Å²) in [6, 6.07) is 10.6. The summed E-state index contributed by atoms with van der Waals surface area (Å²) in [4.78, 5) is 19.4. The minimum atomic E-state index is -0.0968. The van der Waals surface area contributed by atoms with Gasteiger partial charge in [0.15, 0.2) is 5.16 Å². The third-order valence-electron chi connectivity index (χ3n) is 4.34. The summed E-state index contributed by atoms with van der Waals surface area (Å²) in [5.74, 6) is 0.904. The summed E-state index contributed by atoms with van der Waals surface area (Å²) in [6.07, 6.45) is 0. The first-order chi connectivity index (χ1) is 11.1. The number of aryl methyl sites for hydroxylation is 2. The zero-order chi connectivity index (χ0) is 16.1. The van der Waals surface area contributed by atoms with Crippen LogP contribution in [0, 0.1) is 13.8 Å². The van der Waals surface area contributed by atoms with Gasteiger partial charge in [0.05, 0.1) is 11.4 Å². The molecule has 1 aliphatic heterocycles. The predicted octanol–water partition coefficient (Wildman–Crippen LogP) is 4.53. The second-order valence-electron chi connectivity index (χ2n) is 5.72. The quantitative estimate of drug-likeness (QED) is 0.439. The molecule has 6 heteroatoms. The minimum Gasteiger partial charge on any atom is -0.303 e. The van der Waals surface area contributed by atoms with Crippen LogP contribution in [0.15, 0.2) is 40.3 Å². The Morgan fingerprint density at radius 2 is 2.00 bits per heavy atom. The Bertz CT molecular complexity index is 949. The summed E-state index contributed by atoms with van der Waals surface area (Å²) < 4.78 is 2.25. The zero-order valence-electron chi connectivity index (χ0n) is 12.7. The first-order valence-electron chi connectivity index (χ1n) is 7.42. The highest BCUT2D eigenvalue weighted by atomic mass is 79.9. The van der Waals surface area contributed by atoms with Gasteiger partial charge >= 0.3 is 0 Å². The zero-order valence-corrected chi connectivity index (χ0v) is 16.0. The van der Waals surface area contributed by atoms with Crippen molar-refractivity contribution in [1.82, 2.24) is 9.55 Å². The molecular weight excluding hydrogens is 392 g/mol. The van der Waals surface area contributed by atoms with Crippen LogP contribution in [0.3, 0.4) is 0 Å². The van der Waals surface area contributed by atoms with Crippen molar-refractivity contribution in [2.24, 2.45) is 0 Å². The monoisotopic (exact) mass is 406 g/mol. The molecule has 1 aliphatic rings. The number of hydrogen-bond acceptors (Lipinski definition) is 4. The van der Waals surface area contributed by atoms with Gasteiger partial charge in [-0.15, -0.1) is 11.3 Å². The number of aromatic nitrogens is 2. The van der Waals surface area contributed by atoms with E-state index in [1.54, 1.807) is 23.1 Å². The largest absolute Gasteiger partial charge is 0.303 e. The molecule has 3 aromatic rings. The predicted molar refractivity (Wildman–Crippen MR) is 101 cm³/mol. The first kappa shape index (κ1) is 15.4. The van der Waals surface area contributed by atoms with E-state index in [-0.39, 0.29) is 11.6 Å². The highest BCUT2D eigenvalue weighted by molar-refractivity contribution is 9.09. The molecule has 0 saturated heterocycles. The molecule has 0 unspecified atom stereocenters. The Morgan fingerprint density at radius 3 is 2.74 bits per heavy atom. The highest BCUT2D eigenvalue weighted by Crippen LogP contribution is 2.42. The van der Waals surface area contributed by atoms with Gasteiger partial charge < -0.3 is 4.57 Å². The van der Waals surface area contributed by atoms with Gasteiger partial charge in [-0.05, 0) is 25.0 Å². The summed E-state index contributed by atoms with van der Waals surface area (Å²) in [7, 11) is 0. The van der Waals surface area contributed by atoms with Crippen LogP contribution in [0.5, 0.6) is 0 Å². The Morgan fingerprint density at radius 1 is 1.26 bits per heavy atom. The lowest BCUT2D eigenvalue weighted by atomic mass is 10.0. The fraction of sp³-hybridized carbons (Fsp3) is 0.294. The maximum Gasteiger partial charge on any atom is 0.282 e. The van der Waals surface area contributed by atoms with Gasteiger partial charge in [0.25, 0.3) is 5.56 Å². The van der Waals surface area contributed by atoms with Crippen molar-refractivity contribution < 1.29 is 0 Å². The van der Waals surface area contributed by atoms with Gasteiger partial charge in [0.2, 0.25) is 0 Å². The maximum atomic E-state index is 12.5. The molecule has 0 saturated carbocycles. The number of thiophene rings is 1. The molecule has 0 radical (unpaired) electrons. The number of alkyl halides is 1. The Hall–Kier alpha value is -1.11. The maximum absolute atomic E-state index is 12.5. The number of fused-ring (bicyclic) bond motifs is 3. The van der Waals surface area contributed by atoms with Gasteiger partial charge in [0, 0.05) is 15.5 Å². The first-order valence-corrected chi connectivity index (χ1v) is 10.1. The van der Waals surface area contributed by atoms with E-state index in [2.05, 4.69) is 56.7 Å².